The first-order valence-corrected chi connectivity index (χ1v) is 13.5. The molecule has 3 aromatic carbocycles. The first-order chi connectivity index (χ1) is 21.0. The van der Waals surface area contributed by atoms with E-state index in [4.69, 9.17) is 28.4 Å². The number of hydrogen-bond donors (Lipinski definition) is 0. The predicted octanol–water partition coefficient (Wildman–Crippen LogP) is 6.34. The highest BCUT2D eigenvalue weighted by molar-refractivity contribution is 5.94. The predicted molar refractivity (Wildman–Crippen MR) is 157 cm³/mol. The van der Waals surface area contributed by atoms with E-state index in [1.165, 1.54) is 58.8 Å². The fourth-order valence-electron chi connectivity index (χ4n) is 4.63. The molecule has 0 aliphatic heterocycles. The van der Waals surface area contributed by atoms with E-state index in [-0.39, 0.29) is 19.3 Å². The van der Waals surface area contributed by atoms with E-state index in [2.05, 4.69) is 0 Å². The molecule has 0 radical (unpaired) electrons. The molecule has 0 saturated heterocycles. The van der Waals surface area contributed by atoms with Crippen LogP contribution in [-0.4, -0.2) is 59.6 Å². The van der Waals surface area contributed by atoms with Gasteiger partial charge in [-0.15, -0.1) is 0 Å². The molecule has 0 spiro atoms. The standard InChI is InChI=1S/C33H35F3O8/c1-39-27-17-13-22(19-29(27)41-3)11-15-25(37)21-26(16-12-23-14-18-28(40-2)30(20-23)42-4)44-31(38)32(43-5,33(34,35)36)24-9-7-6-8-10-24/h6-11,13-15,17-20,26H,12,16,21H2,1-5H3/b15-11+/t26-,32+/m0/s1. The van der Waals surface area contributed by atoms with Gasteiger partial charge in [-0.25, -0.2) is 4.79 Å². The molecular weight excluding hydrogens is 581 g/mol. The van der Waals surface area contributed by atoms with Gasteiger partial charge in [0.15, 0.2) is 28.8 Å². The van der Waals surface area contributed by atoms with E-state index in [0.717, 1.165) is 24.8 Å². The normalized spacial score (nSPS) is 13.5. The van der Waals surface area contributed by atoms with Gasteiger partial charge in [0.05, 0.1) is 28.4 Å². The third-order valence-electron chi connectivity index (χ3n) is 6.95. The Labute approximate surface area is 254 Å². The summed E-state index contributed by atoms with van der Waals surface area (Å²) in [6, 6.07) is 16.7. The van der Waals surface area contributed by atoms with E-state index in [1.54, 1.807) is 36.4 Å². The summed E-state index contributed by atoms with van der Waals surface area (Å²) in [7, 11) is 6.72. The third-order valence-corrected chi connectivity index (χ3v) is 6.95. The number of halogens is 3. The highest BCUT2D eigenvalue weighted by Crippen LogP contribution is 2.43. The van der Waals surface area contributed by atoms with Crippen LogP contribution in [-0.2, 0) is 31.1 Å². The van der Waals surface area contributed by atoms with Crippen LogP contribution in [0.25, 0.3) is 6.08 Å². The number of hydrogen-bond acceptors (Lipinski definition) is 8. The maximum absolute atomic E-state index is 14.5. The number of ketones is 1. The number of benzene rings is 3. The minimum absolute atomic E-state index is 0.0314. The number of ether oxygens (including phenoxy) is 6. The molecule has 0 bridgehead atoms. The number of rotatable bonds is 15. The van der Waals surface area contributed by atoms with Gasteiger partial charge >= 0.3 is 12.1 Å². The first-order valence-electron chi connectivity index (χ1n) is 13.5. The molecule has 236 valence electrons. The van der Waals surface area contributed by atoms with E-state index in [0.29, 0.717) is 28.6 Å². The Bertz CT molecular complexity index is 1440. The SMILES string of the molecule is COc1ccc(/C=C/C(=O)C[C@H](CCc2ccc(OC)c(OC)c2)OC(=O)[C@](OC)(c2ccccc2)C(F)(F)F)cc1OC. The van der Waals surface area contributed by atoms with E-state index < -0.39 is 35.2 Å². The largest absolute Gasteiger partial charge is 0.493 e. The minimum atomic E-state index is -5.16. The van der Waals surface area contributed by atoms with Gasteiger partial charge in [0, 0.05) is 19.1 Å². The molecule has 0 aliphatic carbocycles. The van der Waals surface area contributed by atoms with Crippen molar-refractivity contribution in [3.8, 4) is 23.0 Å². The zero-order valence-electron chi connectivity index (χ0n) is 25.1. The molecule has 3 aromatic rings. The molecule has 0 unspecified atom stereocenters. The van der Waals surface area contributed by atoms with Crippen LogP contribution in [0.2, 0.25) is 0 Å². The summed E-state index contributed by atoms with van der Waals surface area (Å²) in [4.78, 5) is 26.4. The summed E-state index contributed by atoms with van der Waals surface area (Å²) in [5.41, 5.74) is -2.49. The van der Waals surface area contributed by atoms with Crippen molar-refractivity contribution in [2.45, 2.75) is 37.1 Å². The molecule has 44 heavy (non-hydrogen) atoms. The monoisotopic (exact) mass is 616 g/mol. The van der Waals surface area contributed by atoms with Crippen LogP contribution in [0, 0.1) is 0 Å². The van der Waals surface area contributed by atoms with Crippen molar-refractivity contribution in [1.82, 2.24) is 0 Å². The third kappa shape index (κ3) is 7.90. The van der Waals surface area contributed by atoms with Crippen LogP contribution >= 0.6 is 0 Å². The Kier molecular flexibility index (Phi) is 11.8. The summed E-state index contributed by atoms with van der Waals surface area (Å²) in [6.07, 6.45) is -3.69. The van der Waals surface area contributed by atoms with Crippen LogP contribution in [0.1, 0.15) is 29.5 Å². The second-order valence-electron chi connectivity index (χ2n) is 9.62. The maximum Gasteiger partial charge on any atom is 0.432 e. The van der Waals surface area contributed by atoms with Crippen LogP contribution in [0.3, 0.4) is 0 Å². The molecule has 0 saturated carbocycles. The topological polar surface area (TPSA) is 89.5 Å². The Balaban J connectivity index is 1.90. The zero-order valence-corrected chi connectivity index (χ0v) is 25.1. The molecule has 0 aromatic heterocycles. The van der Waals surface area contributed by atoms with Crippen LogP contribution in [0.4, 0.5) is 13.2 Å². The van der Waals surface area contributed by atoms with Gasteiger partial charge in [-0.3, -0.25) is 4.79 Å². The summed E-state index contributed by atoms with van der Waals surface area (Å²) < 4.78 is 74.9. The molecule has 0 fully saturated rings. The number of aryl methyl sites for hydroxylation is 1. The molecule has 3 rings (SSSR count). The number of methoxy groups -OCH3 is 5. The van der Waals surface area contributed by atoms with Crippen molar-refractivity contribution in [1.29, 1.82) is 0 Å². The van der Waals surface area contributed by atoms with E-state index in [9.17, 15) is 22.8 Å². The summed E-state index contributed by atoms with van der Waals surface area (Å²) >= 11 is 0. The number of carbonyl (C=O) groups is 2. The lowest BCUT2D eigenvalue weighted by Crippen LogP contribution is -2.52. The maximum atomic E-state index is 14.5. The molecule has 0 aliphatic rings. The lowest BCUT2D eigenvalue weighted by atomic mass is 9.92. The van der Waals surface area contributed by atoms with Crippen LogP contribution < -0.4 is 18.9 Å². The van der Waals surface area contributed by atoms with E-state index in [1.807, 2.05) is 0 Å². The zero-order chi connectivity index (χ0) is 32.3. The lowest BCUT2D eigenvalue weighted by molar-refractivity contribution is -0.278. The molecule has 0 N–H and O–H groups in total. The van der Waals surface area contributed by atoms with Gasteiger partial charge in [-0.1, -0.05) is 48.5 Å². The Morgan fingerprint density at radius 2 is 1.36 bits per heavy atom. The number of alkyl halides is 3. The van der Waals surface area contributed by atoms with Crippen molar-refractivity contribution in [2.75, 3.05) is 35.5 Å². The van der Waals surface area contributed by atoms with Gasteiger partial charge in [0.25, 0.3) is 5.60 Å². The number of allylic oxidation sites excluding steroid dienone is 1. The average molecular weight is 617 g/mol. The quantitative estimate of drug-likeness (QED) is 0.144. The molecule has 11 heteroatoms. The minimum Gasteiger partial charge on any atom is -0.493 e. The number of esters is 1. The van der Waals surface area contributed by atoms with Crippen LogP contribution in [0.15, 0.2) is 72.8 Å². The fourth-order valence-corrected chi connectivity index (χ4v) is 4.63. The molecule has 0 amide bonds. The summed E-state index contributed by atoms with van der Waals surface area (Å²) in [5.74, 6) is -0.248. The highest BCUT2D eigenvalue weighted by atomic mass is 19.4. The van der Waals surface area contributed by atoms with Crippen molar-refractivity contribution in [2.24, 2.45) is 0 Å². The lowest BCUT2D eigenvalue weighted by Gasteiger charge is -2.33. The van der Waals surface area contributed by atoms with Crippen molar-refractivity contribution < 1.29 is 51.2 Å². The Morgan fingerprint density at radius 3 is 1.93 bits per heavy atom. The molecule has 2 atom stereocenters. The van der Waals surface area contributed by atoms with Crippen molar-refractivity contribution >= 4 is 17.8 Å². The molecule has 8 nitrogen and oxygen atoms in total. The highest BCUT2D eigenvalue weighted by Gasteiger charge is 2.64. The van der Waals surface area contributed by atoms with Crippen molar-refractivity contribution in [3.63, 3.8) is 0 Å². The van der Waals surface area contributed by atoms with E-state index >= 15 is 0 Å². The summed E-state index contributed by atoms with van der Waals surface area (Å²) in [6.45, 7) is 0. The number of carbonyl (C=O) groups excluding carboxylic acids is 2. The first kappa shape index (κ1) is 34.0. The molecule has 0 heterocycles. The van der Waals surface area contributed by atoms with Gasteiger partial charge in [0.1, 0.15) is 6.10 Å². The van der Waals surface area contributed by atoms with Gasteiger partial charge in [-0.05, 0) is 54.3 Å². The van der Waals surface area contributed by atoms with Crippen LogP contribution in [0.5, 0.6) is 23.0 Å². The van der Waals surface area contributed by atoms with Gasteiger partial charge in [0.2, 0.25) is 0 Å². The van der Waals surface area contributed by atoms with Gasteiger partial charge in [-0.2, -0.15) is 13.2 Å². The smallest absolute Gasteiger partial charge is 0.432 e. The van der Waals surface area contributed by atoms with Crippen molar-refractivity contribution in [3.05, 3.63) is 89.5 Å². The van der Waals surface area contributed by atoms with Gasteiger partial charge < -0.3 is 28.4 Å². The second kappa shape index (κ2) is 15.3. The Morgan fingerprint density at radius 1 is 0.773 bits per heavy atom. The molecular formula is C33H35F3O8. The Hall–Kier alpha value is -4.51. The second-order valence-corrected chi connectivity index (χ2v) is 9.62. The summed E-state index contributed by atoms with van der Waals surface area (Å²) in [5, 5.41) is 0. The fraction of sp³-hybridized carbons (Fsp3) is 0.333. The average Bonchev–Trinajstić information content (AvgIpc) is 3.02.